The monoisotopic (exact) mass is 867 g/mol. The molecule has 0 saturated carbocycles. The van der Waals surface area contributed by atoms with Crippen molar-refractivity contribution >= 4 is 40.0 Å². The number of ketones is 1. The second kappa shape index (κ2) is 20.8. The zero-order valence-electron chi connectivity index (χ0n) is 38.0. The Kier molecular flexibility index (Phi) is 16.6. The molecule has 342 valence electrons. The van der Waals surface area contributed by atoms with Gasteiger partial charge in [-0.1, -0.05) is 65.7 Å². The van der Waals surface area contributed by atoms with Crippen LogP contribution in [0.4, 0.5) is 5.69 Å². The molecule has 3 heterocycles. The van der Waals surface area contributed by atoms with Crippen LogP contribution in [0.1, 0.15) is 90.6 Å². The molecule has 0 aromatic heterocycles. The number of phenolic OH excluding ortho intramolecular Hbond substituents is 2. The maximum Gasteiger partial charge on any atom is 0.312 e. The molecule has 9 atom stereocenters. The summed E-state index contributed by atoms with van der Waals surface area (Å²) in [5, 5.41) is 51.9. The summed E-state index contributed by atoms with van der Waals surface area (Å²) in [6, 6.07) is 1.27. The van der Waals surface area contributed by atoms with E-state index in [1.54, 1.807) is 59.0 Å². The van der Waals surface area contributed by atoms with Gasteiger partial charge in [0.1, 0.15) is 23.4 Å². The molecule has 0 saturated heterocycles. The molecular formula is C46H65N3O13. The number of hydrogen-bond donors (Lipinski definition) is 5. The van der Waals surface area contributed by atoms with Gasteiger partial charge >= 0.3 is 11.8 Å². The fraction of sp³-hybridized carbons (Fsp3) is 0.565. The van der Waals surface area contributed by atoms with Crippen LogP contribution < -0.4 is 14.8 Å². The Bertz CT molecular complexity index is 2080. The number of aliphatic hydroxyl groups excluding tert-OH is 2. The van der Waals surface area contributed by atoms with E-state index in [9.17, 15) is 39.6 Å². The van der Waals surface area contributed by atoms with E-state index in [2.05, 4.69) is 12.2 Å². The maximum atomic E-state index is 14.6. The minimum absolute atomic E-state index is 0.0613. The number of Topliss-reactive ketones (excluding diaryl/α,β-unsaturated/α-hetero) is 1. The van der Waals surface area contributed by atoms with Crippen LogP contribution in [0.5, 0.6) is 23.0 Å². The largest absolute Gasteiger partial charge is 0.507 e. The summed E-state index contributed by atoms with van der Waals surface area (Å²) in [5.41, 5.74) is -0.0244. The van der Waals surface area contributed by atoms with Crippen LogP contribution in [0, 0.1) is 30.6 Å². The number of phenols is 2. The third-order valence-electron chi connectivity index (χ3n) is 11.9. The Balaban J connectivity index is 1.93. The molecule has 16 heteroatoms. The van der Waals surface area contributed by atoms with E-state index >= 15 is 0 Å². The highest BCUT2D eigenvalue weighted by Gasteiger charge is 2.50. The highest BCUT2D eigenvalue weighted by atomic mass is 16.7. The van der Waals surface area contributed by atoms with Crippen molar-refractivity contribution in [2.75, 3.05) is 39.7 Å². The Labute approximate surface area is 364 Å². The second-order valence-electron chi connectivity index (χ2n) is 16.8. The Morgan fingerprint density at radius 3 is 2.24 bits per heavy atom. The number of nitrogens with zero attached hydrogens (tertiary/aromatic N) is 2. The van der Waals surface area contributed by atoms with Gasteiger partial charge in [0.05, 0.1) is 41.2 Å². The van der Waals surface area contributed by atoms with Gasteiger partial charge in [0.2, 0.25) is 0 Å². The van der Waals surface area contributed by atoms with Crippen molar-refractivity contribution in [1.29, 1.82) is 0 Å². The number of anilines is 1. The van der Waals surface area contributed by atoms with Crippen molar-refractivity contribution in [3.63, 3.8) is 0 Å². The molecule has 2 aromatic rings. The van der Waals surface area contributed by atoms with Gasteiger partial charge in [-0.25, -0.2) is 5.01 Å². The first-order valence-electron chi connectivity index (χ1n) is 21.1. The van der Waals surface area contributed by atoms with Crippen molar-refractivity contribution in [1.82, 2.24) is 10.0 Å². The van der Waals surface area contributed by atoms with Crippen LogP contribution in [0.3, 0.4) is 0 Å². The molecule has 2 aromatic carbocycles. The number of allylic oxidation sites excluding steroid dienone is 2. The lowest BCUT2D eigenvalue weighted by Gasteiger charge is -2.38. The molecule has 0 aliphatic carbocycles. The molecule has 0 radical (unpaired) electrons. The van der Waals surface area contributed by atoms with E-state index < -0.39 is 95.5 Å². The lowest BCUT2D eigenvalue weighted by atomic mass is 9.78. The number of hydrogen-bond acceptors (Lipinski definition) is 14. The van der Waals surface area contributed by atoms with Crippen LogP contribution >= 0.6 is 0 Å². The van der Waals surface area contributed by atoms with Gasteiger partial charge in [0.15, 0.2) is 12.4 Å². The summed E-state index contributed by atoms with van der Waals surface area (Å²) in [6.07, 6.45) is 6.19. The van der Waals surface area contributed by atoms with Gasteiger partial charge in [0.25, 0.3) is 17.6 Å². The molecule has 2 amide bonds. The number of ether oxygens (including phenoxy) is 5. The molecule has 9 unspecified atom stereocenters. The minimum Gasteiger partial charge on any atom is -0.507 e. The average Bonchev–Trinajstić information content (AvgIpc) is 3.49. The van der Waals surface area contributed by atoms with Crippen molar-refractivity contribution in [2.45, 2.75) is 112 Å². The number of rotatable bonds is 10. The number of benzene rings is 2. The van der Waals surface area contributed by atoms with Crippen LogP contribution in [0.25, 0.3) is 10.8 Å². The average molecular weight is 868 g/mol. The van der Waals surface area contributed by atoms with E-state index in [-0.39, 0.29) is 44.7 Å². The summed E-state index contributed by atoms with van der Waals surface area (Å²) < 4.78 is 29.9. The minimum atomic E-state index is -2.04. The molecule has 3 aliphatic heterocycles. The number of carbonyl (C=O) groups is 4. The Morgan fingerprint density at radius 1 is 0.952 bits per heavy atom. The van der Waals surface area contributed by atoms with Gasteiger partial charge in [-0.05, 0) is 26.3 Å². The lowest BCUT2D eigenvalue weighted by molar-refractivity contribution is -0.160. The number of fused-ring (bicyclic) bond motifs is 14. The third-order valence-corrected chi connectivity index (χ3v) is 11.9. The number of aromatic hydroxyl groups is 2. The molecule has 5 bridgehead atoms. The van der Waals surface area contributed by atoms with Gasteiger partial charge in [-0.2, -0.15) is 0 Å². The van der Waals surface area contributed by atoms with Crippen molar-refractivity contribution < 1.29 is 63.3 Å². The zero-order chi connectivity index (χ0) is 46.4. The van der Waals surface area contributed by atoms with Crippen LogP contribution in [0.2, 0.25) is 0 Å². The van der Waals surface area contributed by atoms with Crippen molar-refractivity contribution in [2.24, 2.45) is 23.7 Å². The molecule has 5 N–H and O–H groups in total. The topological polar surface area (TPSA) is 214 Å². The predicted octanol–water partition coefficient (Wildman–Crippen LogP) is 5.92. The third kappa shape index (κ3) is 10.5. The SMILES string of the molecule is CCCCCN(C(=O)COc1cc2c(O)c3c(O)c(C)c4c(c13)C(=O)C(C)(O/C=C/C(OC)C(C)C(OC(C)=O)C(C)C(O)C(C)C(O)C(C)/C=C/C=C(\C)C(=O)N2)O4)N(C)C. The van der Waals surface area contributed by atoms with Gasteiger partial charge in [-0.3, -0.25) is 24.2 Å². The highest BCUT2D eigenvalue weighted by molar-refractivity contribution is 6.21. The number of methoxy groups -OCH3 is 1. The van der Waals surface area contributed by atoms with Crippen LogP contribution in [-0.2, 0) is 28.6 Å². The number of aliphatic hydroxyl groups is 2. The summed E-state index contributed by atoms with van der Waals surface area (Å²) in [7, 11) is 4.90. The van der Waals surface area contributed by atoms with Crippen molar-refractivity contribution in [3.8, 4) is 23.0 Å². The Hall–Kier alpha value is -5.16. The molecular weight excluding hydrogens is 803 g/mol. The van der Waals surface area contributed by atoms with E-state index in [1.807, 2.05) is 0 Å². The van der Waals surface area contributed by atoms with Crippen molar-refractivity contribution in [3.05, 3.63) is 53.3 Å². The number of amides is 2. The first-order valence-corrected chi connectivity index (χ1v) is 21.1. The first kappa shape index (κ1) is 49.5. The fourth-order valence-electron chi connectivity index (χ4n) is 8.02. The summed E-state index contributed by atoms with van der Waals surface area (Å²) in [6.45, 7) is 14.5. The predicted molar refractivity (Wildman–Crippen MR) is 233 cm³/mol. The zero-order valence-corrected chi connectivity index (χ0v) is 38.0. The number of unbranched alkanes of at least 4 members (excludes halogenated alkanes) is 2. The molecule has 5 rings (SSSR count). The second-order valence-corrected chi connectivity index (χ2v) is 16.8. The first-order chi connectivity index (χ1) is 29.1. The van der Waals surface area contributed by atoms with Crippen LogP contribution in [-0.4, -0.2) is 119 Å². The molecule has 16 nitrogen and oxygen atoms in total. The van der Waals surface area contributed by atoms with Gasteiger partial charge < -0.3 is 49.4 Å². The number of nitrogens with one attached hydrogen (secondary N) is 1. The normalized spacial score (nSPS) is 29.0. The van der Waals surface area contributed by atoms with E-state index in [4.69, 9.17) is 23.7 Å². The smallest absolute Gasteiger partial charge is 0.312 e. The molecule has 0 spiro atoms. The maximum absolute atomic E-state index is 14.6. The van der Waals surface area contributed by atoms with Crippen LogP contribution in [0.15, 0.2) is 42.2 Å². The van der Waals surface area contributed by atoms with Gasteiger partial charge in [0, 0.05) is 87.9 Å². The summed E-state index contributed by atoms with van der Waals surface area (Å²) in [4.78, 5) is 54.2. The fourth-order valence-corrected chi connectivity index (χ4v) is 8.02. The molecule has 3 aliphatic rings. The Morgan fingerprint density at radius 2 is 1.63 bits per heavy atom. The van der Waals surface area contributed by atoms with Gasteiger partial charge in [-0.15, -0.1) is 0 Å². The standard InChI is InChI=1S/C46H65N3O13/c1-13-14-15-20-49(48(10)11)34(51)23-59-33-22-31-41(55)36-35(33)37-43(29(7)40(36)54)62-46(9,44(37)56)60-21-19-32(58-12)26(4)42(61-30(8)50)28(6)39(53)27(5)38(52)24(2)17-16-18-25(3)45(57)47-31/h16-19,21-22,24,26-28,32,38-39,42,52-55H,13-15,20,23H2,1-12H3,(H,47,57)/b17-16+,21-19+,25-18+. The summed E-state index contributed by atoms with van der Waals surface area (Å²) >= 11 is 0. The number of carbonyl (C=O) groups excluding carboxylic acids is 4. The molecule has 62 heavy (non-hydrogen) atoms. The van der Waals surface area contributed by atoms with E-state index in [0.29, 0.717) is 6.54 Å². The quantitative estimate of drug-likeness (QED) is 0.0812. The van der Waals surface area contributed by atoms with E-state index in [1.165, 1.54) is 64.3 Å². The number of esters is 1. The summed E-state index contributed by atoms with van der Waals surface area (Å²) in [5.74, 6) is -8.12. The highest BCUT2D eigenvalue weighted by Crippen LogP contribution is 2.54. The van der Waals surface area contributed by atoms with E-state index in [0.717, 1.165) is 19.3 Å². The molecule has 0 fully saturated rings. The lowest BCUT2D eigenvalue weighted by Crippen LogP contribution is -2.46. The number of hydrazine groups is 1.